The van der Waals surface area contributed by atoms with Gasteiger partial charge in [-0.15, -0.1) is 5.10 Å². The summed E-state index contributed by atoms with van der Waals surface area (Å²) in [5.41, 5.74) is 1.32. The van der Waals surface area contributed by atoms with Crippen LogP contribution in [0.2, 0.25) is 5.28 Å². The highest BCUT2D eigenvalue weighted by molar-refractivity contribution is 6.28. The third-order valence-corrected chi connectivity index (χ3v) is 3.47. The fourth-order valence-electron chi connectivity index (χ4n) is 2.35. The van der Waals surface area contributed by atoms with Crippen LogP contribution in [0.1, 0.15) is 24.2 Å². The van der Waals surface area contributed by atoms with Crippen molar-refractivity contribution in [2.75, 3.05) is 17.2 Å². The molecule has 0 spiro atoms. The summed E-state index contributed by atoms with van der Waals surface area (Å²) in [6.45, 7) is 3.36. The van der Waals surface area contributed by atoms with Crippen LogP contribution in [0.5, 0.6) is 0 Å². The van der Waals surface area contributed by atoms with Gasteiger partial charge < -0.3 is 15.4 Å². The lowest BCUT2D eigenvalue weighted by Crippen LogP contribution is -2.09. The van der Waals surface area contributed by atoms with Crippen LogP contribution in [0.25, 0.3) is 5.52 Å². The Hall–Kier alpha value is -3.20. The van der Waals surface area contributed by atoms with Gasteiger partial charge in [0.1, 0.15) is 11.3 Å². The normalized spacial score (nSPS) is 10.6. The minimum absolute atomic E-state index is 0.00199. The Morgan fingerprint density at radius 1 is 1.35 bits per heavy atom. The molecular weight excluding hydrogens is 360 g/mol. The summed E-state index contributed by atoms with van der Waals surface area (Å²) < 4.78 is 6.51. The van der Waals surface area contributed by atoms with E-state index >= 15 is 0 Å². The Morgan fingerprint density at radius 2 is 2.15 bits per heavy atom. The number of nitrogens with zero attached hydrogens (tertiary/aromatic N) is 4. The van der Waals surface area contributed by atoms with E-state index in [-0.39, 0.29) is 17.8 Å². The van der Waals surface area contributed by atoms with E-state index < -0.39 is 5.97 Å². The number of ether oxygens (including phenoxy) is 1. The number of pyridine rings is 1. The summed E-state index contributed by atoms with van der Waals surface area (Å²) in [6.07, 6.45) is 3.12. The predicted octanol–water partition coefficient (Wildman–Crippen LogP) is 2.66. The molecule has 26 heavy (non-hydrogen) atoms. The molecule has 0 aliphatic rings. The van der Waals surface area contributed by atoms with Crippen molar-refractivity contribution in [2.45, 2.75) is 13.8 Å². The Kier molecular flexibility index (Phi) is 4.99. The van der Waals surface area contributed by atoms with Crippen molar-refractivity contribution in [3.05, 3.63) is 41.4 Å². The molecule has 0 aromatic carbocycles. The molecule has 0 bridgehead atoms. The molecular formula is C16H15ClN6O3. The topological polar surface area (TPSA) is 111 Å². The molecule has 0 atom stereocenters. The summed E-state index contributed by atoms with van der Waals surface area (Å²) in [5, 5.41) is 9.72. The van der Waals surface area contributed by atoms with Crippen LogP contribution in [0.3, 0.4) is 0 Å². The molecule has 3 aromatic rings. The molecule has 3 aromatic heterocycles. The number of carbonyl (C=O) groups excluding carboxylic acids is 2. The van der Waals surface area contributed by atoms with Gasteiger partial charge in [0.2, 0.25) is 11.2 Å². The van der Waals surface area contributed by atoms with E-state index in [1.807, 2.05) is 0 Å². The molecule has 134 valence electrons. The third kappa shape index (κ3) is 3.72. The molecule has 3 heterocycles. The SMILES string of the molecule is CCOC(=O)c1ccn2nc(Cl)nc(Nc3ccnc(NC(C)=O)c3)c12. The summed E-state index contributed by atoms with van der Waals surface area (Å²) in [7, 11) is 0. The molecule has 10 heteroatoms. The highest BCUT2D eigenvalue weighted by atomic mass is 35.5. The van der Waals surface area contributed by atoms with Crippen LogP contribution < -0.4 is 10.6 Å². The average molecular weight is 375 g/mol. The first-order valence-corrected chi connectivity index (χ1v) is 8.08. The first-order chi connectivity index (χ1) is 12.5. The van der Waals surface area contributed by atoms with E-state index in [1.165, 1.54) is 17.6 Å². The van der Waals surface area contributed by atoms with E-state index in [2.05, 4.69) is 25.7 Å². The number of amides is 1. The molecule has 0 aliphatic carbocycles. The summed E-state index contributed by atoms with van der Waals surface area (Å²) in [4.78, 5) is 31.6. The van der Waals surface area contributed by atoms with Gasteiger partial charge in [-0.05, 0) is 30.7 Å². The van der Waals surface area contributed by atoms with Gasteiger partial charge in [-0.3, -0.25) is 4.79 Å². The molecule has 9 nitrogen and oxygen atoms in total. The van der Waals surface area contributed by atoms with Gasteiger partial charge in [0.05, 0.1) is 12.2 Å². The Morgan fingerprint density at radius 3 is 2.88 bits per heavy atom. The van der Waals surface area contributed by atoms with E-state index in [4.69, 9.17) is 16.3 Å². The van der Waals surface area contributed by atoms with Gasteiger partial charge in [0, 0.05) is 31.1 Å². The molecule has 0 saturated heterocycles. The molecule has 1 amide bonds. The van der Waals surface area contributed by atoms with Crippen LogP contribution in [0, 0.1) is 0 Å². The number of anilines is 3. The van der Waals surface area contributed by atoms with Crippen molar-refractivity contribution in [1.82, 2.24) is 19.6 Å². The maximum Gasteiger partial charge on any atom is 0.340 e. The zero-order valence-corrected chi connectivity index (χ0v) is 14.7. The van der Waals surface area contributed by atoms with Crippen molar-refractivity contribution in [3.8, 4) is 0 Å². The van der Waals surface area contributed by atoms with Gasteiger partial charge in [-0.2, -0.15) is 4.98 Å². The second-order valence-electron chi connectivity index (χ2n) is 5.21. The number of rotatable bonds is 5. The van der Waals surface area contributed by atoms with Crippen molar-refractivity contribution in [3.63, 3.8) is 0 Å². The minimum Gasteiger partial charge on any atom is -0.462 e. The largest absolute Gasteiger partial charge is 0.462 e. The molecule has 3 rings (SSSR count). The number of nitrogens with one attached hydrogen (secondary N) is 2. The number of hydrogen-bond acceptors (Lipinski definition) is 7. The summed E-state index contributed by atoms with van der Waals surface area (Å²) >= 11 is 5.97. The van der Waals surface area contributed by atoms with Crippen LogP contribution >= 0.6 is 11.6 Å². The quantitative estimate of drug-likeness (QED) is 0.660. The number of hydrogen-bond donors (Lipinski definition) is 2. The van der Waals surface area contributed by atoms with Crippen LogP contribution in [0.4, 0.5) is 17.3 Å². The smallest absolute Gasteiger partial charge is 0.340 e. The van der Waals surface area contributed by atoms with Crippen molar-refractivity contribution in [1.29, 1.82) is 0 Å². The van der Waals surface area contributed by atoms with Crippen molar-refractivity contribution < 1.29 is 14.3 Å². The summed E-state index contributed by atoms with van der Waals surface area (Å²) in [6, 6.07) is 4.89. The highest BCUT2D eigenvalue weighted by Gasteiger charge is 2.18. The minimum atomic E-state index is -0.488. The van der Waals surface area contributed by atoms with E-state index in [0.717, 1.165) is 0 Å². The predicted molar refractivity (Wildman–Crippen MR) is 95.8 cm³/mol. The molecule has 2 N–H and O–H groups in total. The number of esters is 1. The van der Waals surface area contributed by atoms with Gasteiger partial charge in [0.15, 0.2) is 5.82 Å². The Labute approximate surface area is 153 Å². The van der Waals surface area contributed by atoms with Gasteiger partial charge in [-0.1, -0.05) is 0 Å². The fourth-order valence-corrected chi connectivity index (χ4v) is 2.52. The molecule has 0 saturated carbocycles. The average Bonchev–Trinajstić information content (AvgIpc) is 2.98. The van der Waals surface area contributed by atoms with E-state index in [0.29, 0.717) is 28.4 Å². The van der Waals surface area contributed by atoms with Crippen LogP contribution in [0.15, 0.2) is 30.6 Å². The van der Waals surface area contributed by atoms with Gasteiger partial charge in [0.25, 0.3) is 0 Å². The highest BCUT2D eigenvalue weighted by Crippen LogP contribution is 2.26. The third-order valence-electron chi connectivity index (χ3n) is 3.31. The van der Waals surface area contributed by atoms with Crippen molar-refractivity contribution >= 4 is 46.3 Å². The zero-order chi connectivity index (χ0) is 18.7. The maximum absolute atomic E-state index is 12.2. The lowest BCUT2D eigenvalue weighted by molar-refractivity contribution is -0.114. The number of aromatic nitrogens is 4. The lowest BCUT2D eigenvalue weighted by atomic mass is 10.2. The first-order valence-electron chi connectivity index (χ1n) is 7.70. The second-order valence-corrected chi connectivity index (χ2v) is 5.55. The van der Waals surface area contributed by atoms with Crippen LogP contribution in [-0.4, -0.2) is 38.1 Å². The number of fused-ring (bicyclic) bond motifs is 1. The molecule has 0 fully saturated rings. The number of carbonyl (C=O) groups is 2. The van der Waals surface area contributed by atoms with Gasteiger partial charge in [-0.25, -0.2) is 14.3 Å². The van der Waals surface area contributed by atoms with E-state index in [1.54, 1.807) is 31.3 Å². The second kappa shape index (κ2) is 7.36. The van der Waals surface area contributed by atoms with Crippen LogP contribution in [-0.2, 0) is 9.53 Å². The molecule has 0 unspecified atom stereocenters. The van der Waals surface area contributed by atoms with Gasteiger partial charge >= 0.3 is 5.97 Å². The Bertz CT molecular complexity index is 987. The first kappa shape index (κ1) is 17.6. The number of halogens is 1. The lowest BCUT2D eigenvalue weighted by Gasteiger charge is -2.10. The zero-order valence-electron chi connectivity index (χ0n) is 14.0. The Balaban J connectivity index is 2.03. The fraction of sp³-hybridized carbons (Fsp3) is 0.188. The standard InChI is InChI=1S/C16H15ClN6O3/c1-3-26-15(25)11-5-7-23-13(11)14(21-16(17)22-23)20-10-4-6-18-12(8-10)19-9(2)24/h4-8H,3H2,1-2H3,(H2,18,19,20,21,22,24). The molecule has 0 aliphatic heterocycles. The summed E-state index contributed by atoms with van der Waals surface area (Å²) in [5.74, 6) is -0.0337. The monoisotopic (exact) mass is 374 g/mol. The van der Waals surface area contributed by atoms with Crippen molar-refractivity contribution in [2.24, 2.45) is 0 Å². The molecule has 0 radical (unpaired) electrons. The maximum atomic E-state index is 12.2. The van der Waals surface area contributed by atoms with E-state index in [9.17, 15) is 9.59 Å².